The van der Waals surface area contributed by atoms with Crippen LogP contribution in [0.2, 0.25) is 5.02 Å². The zero-order valence-corrected chi connectivity index (χ0v) is 15.5. The monoisotopic (exact) mass is 407 g/mol. The SMILES string of the molecule is COc1cc(C(=O)Nc2ccn(Cc3ccccc3Cl)n2)ccc1OC(F)F. The lowest BCUT2D eigenvalue weighted by atomic mass is 10.2. The molecule has 28 heavy (non-hydrogen) atoms. The predicted molar refractivity (Wildman–Crippen MR) is 100 cm³/mol. The van der Waals surface area contributed by atoms with Crippen molar-refractivity contribution in [1.82, 2.24) is 9.78 Å². The second-order valence-electron chi connectivity index (χ2n) is 5.69. The average molecular weight is 408 g/mol. The van der Waals surface area contributed by atoms with Gasteiger partial charge in [0.1, 0.15) is 0 Å². The Morgan fingerprint density at radius 2 is 2.00 bits per heavy atom. The van der Waals surface area contributed by atoms with Crippen LogP contribution in [0.1, 0.15) is 15.9 Å². The Balaban J connectivity index is 1.70. The molecule has 9 heteroatoms. The second kappa shape index (κ2) is 8.71. The quantitative estimate of drug-likeness (QED) is 0.628. The van der Waals surface area contributed by atoms with Gasteiger partial charge in [0.25, 0.3) is 5.91 Å². The number of anilines is 1. The first-order chi connectivity index (χ1) is 13.5. The molecule has 146 valence electrons. The van der Waals surface area contributed by atoms with E-state index in [4.69, 9.17) is 16.3 Å². The highest BCUT2D eigenvalue weighted by molar-refractivity contribution is 6.31. The molecule has 0 saturated carbocycles. The highest BCUT2D eigenvalue weighted by Gasteiger charge is 2.15. The molecule has 0 spiro atoms. The third-order valence-corrected chi connectivity index (χ3v) is 4.18. The molecule has 0 aliphatic rings. The van der Waals surface area contributed by atoms with Crippen LogP contribution in [-0.2, 0) is 6.54 Å². The van der Waals surface area contributed by atoms with Crippen molar-refractivity contribution >= 4 is 23.3 Å². The van der Waals surface area contributed by atoms with Crippen LogP contribution >= 0.6 is 11.6 Å². The normalized spacial score (nSPS) is 10.8. The Morgan fingerprint density at radius 3 is 2.71 bits per heavy atom. The highest BCUT2D eigenvalue weighted by Crippen LogP contribution is 2.29. The number of ether oxygens (including phenoxy) is 2. The van der Waals surface area contributed by atoms with E-state index in [-0.39, 0.29) is 17.1 Å². The minimum Gasteiger partial charge on any atom is -0.493 e. The first kappa shape index (κ1) is 19.6. The third-order valence-electron chi connectivity index (χ3n) is 3.81. The van der Waals surface area contributed by atoms with Gasteiger partial charge in [0, 0.05) is 22.8 Å². The van der Waals surface area contributed by atoms with Gasteiger partial charge in [-0.2, -0.15) is 13.9 Å². The van der Waals surface area contributed by atoms with Crippen LogP contribution in [0, 0.1) is 0 Å². The minimum atomic E-state index is -2.99. The molecule has 0 bridgehead atoms. The fourth-order valence-corrected chi connectivity index (χ4v) is 2.70. The van der Waals surface area contributed by atoms with Crippen LogP contribution in [0.3, 0.4) is 0 Å². The van der Waals surface area contributed by atoms with Gasteiger partial charge >= 0.3 is 6.61 Å². The summed E-state index contributed by atoms with van der Waals surface area (Å²) in [4.78, 5) is 12.4. The molecule has 1 heterocycles. The van der Waals surface area contributed by atoms with Crippen molar-refractivity contribution < 1.29 is 23.0 Å². The second-order valence-corrected chi connectivity index (χ2v) is 6.10. The molecule has 1 N–H and O–H groups in total. The Labute approximate surface area is 164 Å². The van der Waals surface area contributed by atoms with Crippen molar-refractivity contribution in [2.75, 3.05) is 12.4 Å². The summed E-state index contributed by atoms with van der Waals surface area (Å²) in [7, 11) is 1.30. The summed E-state index contributed by atoms with van der Waals surface area (Å²) in [6.07, 6.45) is 1.71. The molecule has 0 radical (unpaired) electrons. The van der Waals surface area contributed by atoms with Crippen molar-refractivity contribution in [1.29, 1.82) is 0 Å². The number of alkyl halides is 2. The van der Waals surface area contributed by atoms with E-state index in [1.807, 2.05) is 18.2 Å². The molecule has 0 aliphatic carbocycles. The molecule has 0 saturated heterocycles. The number of amides is 1. The summed E-state index contributed by atoms with van der Waals surface area (Å²) in [5.74, 6) is -0.260. The number of hydrogen-bond donors (Lipinski definition) is 1. The van der Waals surface area contributed by atoms with Gasteiger partial charge in [0.2, 0.25) is 0 Å². The number of carbonyl (C=O) groups excluding carboxylic acids is 1. The summed E-state index contributed by atoms with van der Waals surface area (Å²) in [6.45, 7) is -2.54. The van der Waals surface area contributed by atoms with Crippen molar-refractivity contribution in [2.45, 2.75) is 13.2 Å². The van der Waals surface area contributed by atoms with Gasteiger partial charge < -0.3 is 14.8 Å². The van der Waals surface area contributed by atoms with Crippen molar-refractivity contribution in [3.8, 4) is 11.5 Å². The van der Waals surface area contributed by atoms with E-state index < -0.39 is 12.5 Å². The van der Waals surface area contributed by atoms with Crippen LogP contribution in [0.25, 0.3) is 0 Å². The highest BCUT2D eigenvalue weighted by atomic mass is 35.5. The van der Waals surface area contributed by atoms with E-state index in [1.165, 1.54) is 25.3 Å². The Bertz CT molecular complexity index is 979. The molecule has 3 aromatic rings. The van der Waals surface area contributed by atoms with Crippen LogP contribution in [0.5, 0.6) is 11.5 Å². The largest absolute Gasteiger partial charge is 0.493 e. The molecular weight excluding hydrogens is 392 g/mol. The average Bonchev–Trinajstić information content (AvgIpc) is 3.10. The molecule has 1 amide bonds. The van der Waals surface area contributed by atoms with E-state index in [1.54, 1.807) is 23.0 Å². The van der Waals surface area contributed by atoms with Gasteiger partial charge in [0.15, 0.2) is 17.3 Å². The zero-order chi connectivity index (χ0) is 20.1. The molecule has 0 atom stereocenters. The fraction of sp³-hybridized carbons (Fsp3) is 0.158. The van der Waals surface area contributed by atoms with Crippen LogP contribution in [0.15, 0.2) is 54.7 Å². The summed E-state index contributed by atoms with van der Waals surface area (Å²) < 4.78 is 35.8. The number of carbonyl (C=O) groups is 1. The van der Waals surface area contributed by atoms with Crippen molar-refractivity contribution in [3.05, 3.63) is 70.9 Å². The molecule has 1 aromatic heterocycles. The molecule has 6 nitrogen and oxygen atoms in total. The van der Waals surface area contributed by atoms with Gasteiger partial charge in [-0.3, -0.25) is 9.48 Å². The fourth-order valence-electron chi connectivity index (χ4n) is 2.51. The number of rotatable bonds is 7. The first-order valence-corrected chi connectivity index (χ1v) is 8.55. The Morgan fingerprint density at radius 1 is 1.21 bits per heavy atom. The Kier molecular flexibility index (Phi) is 6.10. The van der Waals surface area contributed by atoms with E-state index >= 15 is 0 Å². The van der Waals surface area contributed by atoms with Gasteiger partial charge in [-0.15, -0.1) is 0 Å². The van der Waals surface area contributed by atoms with E-state index in [9.17, 15) is 13.6 Å². The number of hydrogen-bond acceptors (Lipinski definition) is 4. The first-order valence-electron chi connectivity index (χ1n) is 8.17. The molecule has 0 fully saturated rings. The lowest BCUT2D eigenvalue weighted by molar-refractivity contribution is -0.0512. The summed E-state index contributed by atoms with van der Waals surface area (Å²) in [5.41, 5.74) is 1.10. The van der Waals surface area contributed by atoms with Crippen LogP contribution < -0.4 is 14.8 Å². The van der Waals surface area contributed by atoms with E-state index in [0.29, 0.717) is 17.4 Å². The van der Waals surface area contributed by atoms with Crippen molar-refractivity contribution in [2.24, 2.45) is 0 Å². The lowest BCUT2D eigenvalue weighted by Crippen LogP contribution is -2.13. The summed E-state index contributed by atoms with van der Waals surface area (Å²) >= 11 is 6.14. The molecule has 2 aromatic carbocycles. The van der Waals surface area contributed by atoms with Crippen LogP contribution in [0.4, 0.5) is 14.6 Å². The number of halogens is 3. The number of methoxy groups -OCH3 is 1. The maximum atomic E-state index is 12.4. The minimum absolute atomic E-state index is 0.0252. The molecule has 3 rings (SSSR count). The standard InChI is InChI=1S/C19H16ClF2N3O3/c1-27-16-10-12(6-7-15(16)28-19(21)22)18(26)23-17-8-9-25(24-17)11-13-4-2-3-5-14(13)20/h2-10,19H,11H2,1H3,(H,23,24,26). The van der Waals surface area contributed by atoms with E-state index in [0.717, 1.165) is 5.56 Å². The van der Waals surface area contributed by atoms with Gasteiger partial charge in [-0.05, 0) is 29.8 Å². The Hall–Kier alpha value is -3.13. The number of nitrogens with zero attached hydrogens (tertiary/aromatic N) is 2. The molecule has 0 aliphatic heterocycles. The van der Waals surface area contributed by atoms with Crippen LogP contribution in [-0.4, -0.2) is 29.4 Å². The predicted octanol–water partition coefficient (Wildman–Crippen LogP) is 4.45. The van der Waals surface area contributed by atoms with Gasteiger partial charge in [0.05, 0.1) is 13.7 Å². The zero-order valence-electron chi connectivity index (χ0n) is 14.7. The topological polar surface area (TPSA) is 65.4 Å². The summed E-state index contributed by atoms with van der Waals surface area (Å²) in [5, 5.41) is 7.55. The lowest BCUT2D eigenvalue weighted by Gasteiger charge is -2.11. The maximum absolute atomic E-state index is 12.4. The number of aromatic nitrogens is 2. The summed E-state index contributed by atoms with van der Waals surface area (Å²) in [6, 6.07) is 12.9. The molecule has 0 unspecified atom stereocenters. The number of benzene rings is 2. The smallest absolute Gasteiger partial charge is 0.387 e. The number of nitrogens with one attached hydrogen (secondary N) is 1. The van der Waals surface area contributed by atoms with Gasteiger partial charge in [-0.1, -0.05) is 29.8 Å². The maximum Gasteiger partial charge on any atom is 0.387 e. The van der Waals surface area contributed by atoms with Gasteiger partial charge in [-0.25, -0.2) is 0 Å². The third kappa shape index (κ3) is 4.77. The van der Waals surface area contributed by atoms with Crippen molar-refractivity contribution in [3.63, 3.8) is 0 Å². The molecular formula is C19H16ClF2N3O3. The van der Waals surface area contributed by atoms with E-state index in [2.05, 4.69) is 15.2 Å².